The Kier molecular flexibility index (Phi) is 2.17. The van der Waals surface area contributed by atoms with Gasteiger partial charge in [0.25, 0.3) is 0 Å². The maximum absolute atomic E-state index is 5.46. The number of furan rings is 1. The summed E-state index contributed by atoms with van der Waals surface area (Å²) in [6.07, 6.45) is 4.32. The van der Waals surface area contributed by atoms with Gasteiger partial charge in [-0.25, -0.2) is 4.98 Å². The summed E-state index contributed by atoms with van der Waals surface area (Å²) in [5.74, 6) is 0.660. The van der Waals surface area contributed by atoms with Crippen LogP contribution < -0.4 is 4.74 Å². The van der Waals surface area contributed by atoms with Gasteiger partial charge >= 0.3 is 0 Å². The Labute approximate surface area is 76.3 Å². The standard InChI is InChI=1S/C10H11NO2/c1-2-6-13-10-8-4-7-12-9(8)3-5-11-10/h3-5,7H,2,6H2,1H3. The molecule has 2 rings (SSSR count). The van der Waals surface area contributed by atoms with Crippen molar-refractivity contribution in [1.82, 2.24) is 4.98 Å². The molecule has 13 heavy (non-hydrogen) atoms. The van der Waals surface area contributed by atoms with Crippen LogP contribution in [-0.4, -0.2) is 11.6 Å². The molecule has 3 nitrogen and oxygen atoms in total. The predicted octanol–water partition coefficient (Wildman–Crippen LogP) is 2.62. The molecule has 0 saturated heterocycles. The van der Waals surface area contributed by atoms with Crippen LogP contribution in [0.3, 0.4) is 0 Å². The van der Waals surface area contributed by atoms with Gasteiger partial charge in [0.1, 0.15) is 5.58 Å². The molecule has 0 unspecified atom stereocenters. The number of ether oxygens (including phenoxy) is 1. The van der Waals surface area contributed by atoms with Crippen molar-refractivity contribution in [2.24, 2.45) is 0 Å². The van der Waals surface area contributed by atoms with E-state index in [-0.39, 0.29) is 0 Å². The third-order valence-corrected chi connectivity index (χ3v) is 1.79. The van der Waals surface area contributed by atoms with Gasteiger partial charge in [0.2, 0.25) is 5.88 Å². The first kappa shape index (κ1) is 8.10. The average Bonchev–Trinajstić information content (AvgIpc) is 2.62. The molecule has 0 aromatic carbocycles. The molecule has 0 aliphatic carbocycles. The minimum Gasteiger partial charge on any atom is -0.477 e. The fraction of sp³-hybridized carbons (Fsp3) is 0.300. The van der Waals surface area contributed by atoms with Gasteiger partial charge in [0, 0.05) is 6.20 Å². The molecule has 2 aromatic heterocycles. The van der Waals surface area contributed by atoms with Gasteiger partial charge in [-0.15, -0.1) is 0 Å². The van der Waals surface area contributed by atoms with Gasteiger partial charge in [0.15, 0.2) is 0 Å². The van der Waals surface area contributed by atoms with E-state index >= 15 is 0 Å². The lowest BCUT2D eigenvalue weighted by atomic mass is 10.3. The zero-order chi connectivity index (χ0) is 9.10. The van der Waals surface area contributed by atoms with Gasteiger partial charge in [-0.1, -0.05) is 6.92 Å². The molecule has 2 aromatic rings. The number of rotatable bonds is 3. The molecule has 2 heterocycles. The number of hydrogen-bond acceptors (Lipinski definition) is 3. The molecule has 0 bridgehead atoms. The number of aromatic nitrogens is 1. The SMILES string of the molecule is CCCOc1nccc2occc12. The normalized spacial score (nSPS) is 10.5. The van der Waals surface area contributed by atoms with Crippen LogP contribution in [0.25, 0.3) is 11.0 Å². The second-order valence-electron chi connectivity index (χ2n) is 2.80. The van der Waals surface area contributed by atoms with Crippen molar-refractivity contribution in [2.45, 2.75) is 13.3 Å². The highest BCUT2D eigenvalue weighted by Crippen LogP contribution is 2.23. The van der Waals surface area contributed by atoms with E-state index in [2.05, 4.69) is 11.9 Å². The van der Waals surface area contributed by atoms with Crippen LogP contribution in [0.2, 0.25) is 0 Å². The lowest BCUT2D eigenvalue weighted by Gasteiger charge is -2.02. The quantitative estimate of drug-likeness (QED) is 0.722. The van der Waals surface area contributed by atoms with Crippen LogP contribution in [0.5, 0.6) is 5.88 Å². The lowest BCUT2D eigenvalue weighted by Crippen LogP contribution is -1.96. The number of nitrogens with zero attached hydrogens (tertiary/aromatic N) is 1. The first-order valence-corrected chi connectivity index (χ1v) is 4.37. The summed E-state index contributed by atoms with van der Waals surface area (Å²) < 4.78 is 10.7. The molecule has 0 N–H and O–H groups in total. The van der Waals surface area contributed by atoms with Gasteiger partial charge in [-0.05, 0) is 18.6 Å². The molecule has 0 spiro atoms. The molecule has 0 aliphatic heterocycles. The van der Waals surface area contributed by atoms with Crippen molar-refractivity contribution < 1.29 is 9.15 Å². The van der Waals surface area contributed by atoms with Gasteiger partial charge < -0.3 is 9.15 Å². The minimum atomic E-state index is 0.660. The highest BCUT2D eigenvalue weighted by molar-refractivity contribution is 5.81. The summed E-state index contributed by atoms with van der Waals surface area (Å²) >= 11 is 0. The van der Waals surface area contributed by atoms with Crippen LogP contribution >= 0.6 is 0 Å². The topological polar surface area (TPSA) is 35.3 Å². The first-order chi connectivity index (χ1) is 6.42. The second kappa shape index (κ2) is 3.47. The summed E-state index contributed by atoms with van der Waals surface area (Å²) in [4.78, 5) is 4.13. The zero-order valence-electron chi connectivity index (χ0n) is 7.49. The maximum atomic E-state index is 5.46. The zero-order valence-corrected chi connectivity index (χ0v) is 7.49. The molecule has 0 amide bonds. The summed E-state index contributed by atoms with van der Waals surface area (Å²) in [6.45, 7) is 2.76. The van der Waals surface area contributed by atoms with Crippen molar-refractivity contribution in [3.63, 3.8) is 0 Å². The largest absolute Gasteiger partial charge is 0.477 e. The van der Waals surface area contributed by atoms with Crippen LogP contribution in [0.4, 0.5) is 0 Å². The van der Waals surface area contributed by atoms with E-state index in [0.717, 1.165) is 17.4 Å². The molecule has 3 heteroatoms. The van der Waals surface area contributed by atoms with E-state index in [4.69, 9.17) is 9.15 Å². The highest BCUT2D eigenvalue weighted by atomic mass is 16.5. The Bertz CT molecular complexity index is 394. The van der Waals surface area contributed by atoms with Crippen molar-refractivity contribution in [3.8, 4) is 5.88 Å². The molecular weight excluding hydrogens is 166 g/mol. The Morgan fingerprint density at radius 2 is 2.38 bits per heavy atom. The minimum absolute atomic E-state index is 0.660. The Hall–Kier alpha value is -1.51. The molecule has 0 aliphatic rings. The van der Waals surface area contributed by atoms with E-state index < -0.39 is 0 Å². The van der Waals surface area contributed by atoms with Crippen molar-refractivity contribution in [1.29, 1.82) is 0 Å². The van der Waals surface area contributed by atoms with E-state index in [1.165, 1.54) is 0 Å². The fourth-order valence-electron chi connectivity index (χ4n) is 1.18. The van der Waals surface area contributed by atoms with Crippen LogP contribution in [-0.2, 0) is 0 Å². The maximum Gasteiger partial charge on any atom is 0.224 e. The Morgan fingerprint density at radius 1 is 1.46 bits per heavy atom. The van der Waals surface area contributed by atoms with Gasteiger partial charge in [-0.3, -0.25) is 0 Å². The smallest absolute Gasteiger partial charge is 0.224 e. The lowest BCUT2D eigenvalue weighted by molar-refractivity contribution is 0.309. The third kappa shape index (κ3) is 1.49. The van der Waals surface area contributed by atoms with E-state index in [0.29, 0.717) is 12.5 Å². The summed E-state index contributed by atoms with van der Waals surface area (Å²) in [7, 11) is 0. The summed E-state index contributed by atoms with van der Waals surface area (Å²) in [5, 5.41) is 0.941. The summed E-state index contributed by atoms with van der Waals surface area (Å²) in [6, 6.07) is 3.70. The molecule has 0 fully saturated rings. The van der Waals surface area contributed by atoms with E-state index in [9.17, 15) is 0 Å². The highest BCUT2D eigenvalue weighted by Gasteiger charge is 2.04. The van der Waals surface area contributed by atoms with Gasteiger partial charge in [0.05, 0.1) is 18.3 Å². The van der Waals surface area contributed by atoms with Crippen LogP contribution in [0.1, 0.15) is 13.3 Å². The number of fused-ring (bicyclic) bond motifs is 1. The second-order valence-corrected chi connectivity index (χ2v) is 2.80. The fourth-order valence-corrected chi connectivity index (χ4v) is 1.18. The molecule has 0 radical (unpaired) electrons. The van der Waals surface area contributed by atoms with Crippen molar-refractivity contribution in [2.75, 3.05) is 6.61 Å². The van der Waals surface area contributed by atoms with E-state index in [1.54, 1.807) is 12.5 Å². The third-order valence-electron chi connectivity index (χ3n) is 1.79. The van der Waals surface area contributed by atoms with Gasteiger partial charge in [-0.2, -0.15) is 0 Å². The number of pyridine rings is 1. The average molecular weight is 177 g/mol. The van der Waals surface area contributed by atoms with Crippen LogP contribution in [0, 0.1) is 0 Å². The predicted molar refractivity (Wildman–Crippen MR) is 49.8 cm³/mol. The Morgan fingerprint density at radius 3 is 3.23 bits per heavy atom. The molecular formula is C10H11NO2. The first-order valence-electron chi connectivity index (χ1n) is 4.37. The summed E-state index contributed by atoms with van der Waals surface area (Å²) in [5.41, 5.74) is 0.820. The molecule has 0 saturated carbocycles. The van der Waals surface area contributed by atoms with Crippen molar-refractivity contribution >= 4 is 11.0 Å². The van der Waals surface area contributed by atoms with E-state index in [1.807, 2.05) is 12.1 Å². The molecule has 0 atom stereocenters. The Balaban J connectivity index is 2.37. The molecule has 68 valence electrons. The van der Waals surface area contributed by atoms with Crippen LogP contribution in [0.15, 0.2) is 29.0 Å². The monoisotopic (exact) mass is 177 g/mol. The van der Waals surface area contributed by atoms with Crippen molar-refractivity contribution in [3.05, 3.63) is 24.6 Å². The number of hydrogen-bond donors (Lipinski definition) is 0.